The molecule has 31 heavy (non-hydrogen) atoms. The van der Waals surface area contributed by atoms with Gasteiger partial charge in [-0.15, -0.1) is 0 Å². The molecule has 160 valence electrons. The summed E-state index contributed by atoms with van der Waals surface area (Å²) < 4.78 is 5.50. The first kappa shape index (κ1) is 21.1. The van der Waals surface area contributed by atoms with Crippen LogP contribution < -0.4 is 4.90 Å². The van der Waals surface area contributed by atoms with Gasteiger partial charge in [-0.2, -0.15) is 0 Å². The molecule has 0 spiro atoms. The third-order valence-electron chi connectivity index (χ3n) is 5.96. The molecular weight excluding hydrogens is 384 g/mol. The third-order valence-corrected chi connectivity index (χ3v) is 5.96. The van der Waals surface area contributed by atoms with Crippen molar-refractivity contribution in [3.05, 3.63) is 102 Å². The van der Waals surface area contributed by atoms with Crippen molar-refractivity contribution in [2.24, 2.45) is 0 Å². The van der Waals surface area contributed by atoms with E-state index in [9.17, 15) is 4.79 Å². The summed E-state index contributed by atoms with van der Waals surface area (Å²) in [5, 5.41) is 0. The van der Waals surface area contributed by atoms with E-state index in [0.29, 0.717) is 13.0 Å². The van der Waals surface area contributed by atoms with Crippen LogP contribution in [0.1, 0.15) is 29.0 Å². The zero-order valence-corrected chi connectivity index (χ0v) is 18.1. The van der Waals surface area contributed by atoms with Gasteiger partial charge >= 0.3 is 0 Å². The summed E-state index contributed by atoms with van der Waals surface area (Å²) in [6.07, 6.45) is 0.449. The minimum absolute atomic E-state index is 0.0480. The Morgan fingerprint density at radius 3 is 2.03 bits per heavy atom. The van der Waals surface area contributed by atoms with Gasteiger partial charge in [0.25, 0.3) is 0 Å². The van der Waals surface area contributed by atoms with Gasteiger partial charge in [0.05, 0.1) is 13.2 Å². The Balaban J connectivity index is 1.50. The number of nitrogens with zero attached hydrogens (tertiary/aromatic N) is 2. The normalized spacial score (nSPS) is 13.9. The van der Waals surface area contributed by atoms with E-state index >= 15 is 0 Å². The van der Waals surface area contributed by atoms with E-state index in [1.807, 2.05) is 54.4 Å². The molecule has 0 N–H and O–H groups in total. The van der Waals surface area contributed by atoms with E-state index in [0.717, 1.165) is 26.3 Å². The average molecular weight is 415 g/mol. The zero-order chi connectivity index (χ0) is 21.5. The predicted molar refractivity (Wildman–Crippen MR) is 125 cm³/mol. The zero-order valence-electron chi connectivity index (χ0n) is 18.1. The van der Waals surface area contributed by atoms with Gasteiger partial charge in [-0.3, -0.25) is 4.79 Å². The van der Waals surface area contributed by atoms with E-state index in [2.05, 4.69) is 47.4 Å². The molecule has 1 aliphatic heterocycles. The summed E-state index contributed by atoms with van der Waals surface area (Å²) >= 11 is 0. The molecule has 4 heteroatoms. The van der Waals surface area contributed by atoms with Gasteiger partial charge in [0.15, 0.2) is 0 Å². The molecule has 4 rings (SSSR count). The number of benzene rings is 3. The highest BCUT2D eigenvalue weighted by atomic mass is 16.5. The molecule has 1 heterocycles. The van der Waals surface area contributed by atoms with Crippen molar-refractivity contribution in [1.29, 1.82) is 0 Å². The van der Waals surface area contributed by atoms with Gasteiger partial charge in [-0.25, -0.2) is 0 Å². The monoisotopic (exact) mass is 414 g/mol. The van der Waals surface area contributed by atoms with E-state index in [1.165, 1.54) is 22.4 Å². The van der Waals surface area contributed by atoms with Crippen LogP contribution >= 0.6 is 0 Å². The smallest absolute Gasteiger partial charge is 0.223 e. The second-order valence-corrected chi connectivity index (χ2v) is 8.06. The minimum atomic E-state index is 0.0480. The molecule has 0 saturated carbocycles. The van der Waals surface area contributed by atoms with Gasteiger partial charge in [0, 0.05) is 44.7 Å². The standard InChI is InChI=1S/C27H30N2O2/c1-28(21-24-14-8-9-15-26(24)29-16-18-31-19-17-29)27(30)20-25(22-10-4-2-5-11-22)23-12-6-3-7-13-23/h2-15,25H,16-21H2,1H3. The molecule has 0 unspecified atom stereocenters. The number of para-hydroxylation sites is 1. The number of anilines is 1. The fourth-order valence-corrected chi connectivity index (χ4v) is 4.23. The number of amides is 1. The van der Waals surface area contributed by atoms with Crippen LogP contribution in [0.15, 0.2) is 84.9 Å². The Morgan fingerprint density at radius 1 is 0.871 bits per heavy atom. The SMILES string of the molecule is CN(Cc1ccccc1N1CCOCC1)C(=O)CC(c1ccccc1)c1ccccc1. The molecule has 3 aromatic rings. The van der Waals surface area contributed by atoms with Crippen LogP contribution in [-0.4, -0.2) is 44.2 Å². The largest absolute Gasteiger partial charge is 0.378 e. The van der Waals surface area contributed by atoms with Gasteiger partial charge in [-0.1, -0.05) is 78.9 Å². The van der Waals surface area contributed by atoms with E-state index in [-0.39, 0.29) is 11.8 Å². The summed E-state index contributed by atoms with van der Waals surface area (Å²) in [5.41, 5.74) is 4.72. The Kier molecular flexibility index (Phi) is 7.00. The predicted octanol–water partition coefficient (Wildman–Crippen LogP) is 4.70. The first-order chi connectivity index (χ1) is 15.2. The van der Waals surface area contributed by atoms with Crippen molar-refractivity contribution in [2.75, 3.05) is 38.3 Å². The van der Waals surface area contributed by atoms with Crippen molar-refractivity contribution < 1.29 is 9.53 Å². The molecule has 0 bridgehead atoms. The van der Waals surface area contributed by atoms with Crippen LogP contribution in [0.25, 0.3) is 0 Å². The molecule has 0 aliphatic carbocycles. The lowest BCUT2D eigenvalue weighted by molar-refractivity contribution is -0.130. The maximum atomic E-state index is 13.3. The average Bonchev–Trinajstić information content (AvgIpc) is 2.84. The van der Waals surface area contributed by atoms with Gasteiger partial charge in [0.1, 0.15) is 0 Å². The van der Waals surface area contributed by atoms with Crippen LogP contribution in [0.4, 0.5) is 5.69 Å². The fourth-order valence-electron chi connectivity index (χ4n) is 4.23. The second-order valence-electron chi connectivity index (χ2n) is 8.06. The molecule has 1 aliphatic rings. The molecule has 0 radical (unpaired) electrons. The van der Waals surface area contributed by atoms with Crippen molar-refractivity contribution in [3.8, 4) is 0 Å². The Morgan fingerprint density at radius 2 is 1.42 bits per heavy atom. The lowest BCUT2D eigenvalue weighted by Gasteiger charge is -2.31. The second kappa shape index (κ2) is 10.3. The van der Waals surface area contributed by atoms with Gasteiger partial charge in [0.2, 0.25) is 5.91 Å². The maximum Gasteiger partial charge on any atom is 0.223 e. The van der Waals surface area contributed by atoms with E-state index < -0.39 is 0 Å². The molecule has 1 fully saturated rings. The summed E-state index contributed by atoms with van der Waals surface area (Å²) in [4.78, 5) is 17.5. The highest BCUT2D eigenvalue weighted by molar-refractivity contribution is 5.78. The van der Waals surface area contributed by atoms with Crippen molar-refractivity contribution in [2.45, 2.75) is 18.9 Å². The maximum absolute atomic E-state index is 13.3. The lowest BCUT2D eigenvalue weighted by Crippen LogP contribution is -2.37. The lowest BCUT2D eigenvalue weighted by atomic mass is 9.88. The Hall–Kier alpha value is -3.11. The summed E-state index contributed by atoms with van der Waals surface area (Å²) in [6.45, 7) is 3.87. The van der Waals surface area contributed by atoms with E-state index in [1.54, 1.807) is 0 Å². The molecular formula is C27H30N2O2. The number of morpholine rings is 1. The van der Waals surface area contributed by atoms with Crippen LogP contribution in [0.3, 0.4) is 0 Å². The summed E-state index contributed by atoms with van der Waals surface area (Å²) in [6, 6.07) is 29.0. The van der Waals surface area contributed by atoms with Gasteiger partial charge in [-0.05, 0) is 22.8 Å². The molecule has 0 atom stereocenters. The summed E-state index contributed by atoms with van der Waals surface area (Å²) in [5.74, 6) is 0.196. The summed E-state index contributed by atoms with van der Waals surface area (Å²) in [7, 11) is 1.91. The fraction of sp³-hybridized carbons (Fsp3) is 0.296. The molecule has 1 amide bonds. The number of rotatable bonds is 7. The van der Waals surface area contributed by atoms with E-state index in [4.69, 9.17) is 4.74 Å². The minimum Gasteiger partial charge on any atom is -0.378 e. The van der Waals surface area contributed by atoms with Crippen molar-refractivity contribution in [3.63, 3.8) is 0 Å². The molecule has 4 nitrogen and oxygen atoms in total. The highest BCUT2D eigenvalue weighted by Gasteiger charge is 2.22. The van der Waals surface area contributed by atoms with Crippen LogP contribution in [0.2, 0.25) is 0 Å². The topological polar surface area (TPSA) is 32.8 Å². The number of carbonyl (C=O) groups excluding carboxylic acids is 1. The Bertz CT molecular complexity index is 929. The number of hydrogen-bond acceptors (Lipinski definition) is 3. The van der Waals surface area contributed by atoms with Crippen molar-refractivity contribution >= 4 is 11.6 Å². The molecule has 1 saturated heterocycles. The third kappa shape index (κ3) is 5.33. The van der Waals surface area contributed by atoms with Crippen LogP contribution in [0.5, 0.6) is 0 Å². The molecule has 3 aromatic carbocycles. The number of carbonyl (C=O) groups is 1. The highest BCUT2D eigenvalue weighted by Crippen LogP contribution is 2.29. The first-order valence-electron chi connectivity index (χ1n) is 11.0. The van der Waals surface area contributed by atoms with Crippen molar-refractivity contribution in [1.82, 2.24) is 4.90 Å². The molecule has 0 aromatic heterocycles. The van der Waals surface area contributed by atoms with Crippen LogP contribution in [0, 0.1) is 0 Å². The number of ether oxygens (including phenoxy) is 1. The van der Waals surface area contributed by atoms with Gasteiger partial charge < -0.3 is 14.5 Å². The Labute approximate surface area is 185 Å². The quantitative estimate of drug-likeness (QED) is 0.562. The van der Waals surface area contributed by atoms with Crippen LogP contribution in [-0.2, 0) is 16.1 Å². The first-order valence-corrected chi connectivity index (χ1v) is 11.0. The number of hydrogen-bond donors (Lipinski definition) is 0.